The molecule has 5 aliphatic rings. The number of fused-ring (bicyclic) bond motifs is 4. The SMILES string of the molecule is CN(C)c1cc(CN2CC3C(N)C3C2)c(O)c2c1C[C@H]1C[C@H]3[C@H](N(C)C)C(O)=C(C(N)=O)C(=O)[C@@]3(O)C(O)=C1C2=O.Cl. The van der Waals surface area contributed by atoms with Crippen LogP contribution in [0, 0.1) is 23.7 Å². The summed E-state index contributed by atoms with van der Waals surface area (Å²) in [5.41, 5.74) is 9.82. The molecule has 42 heavy (non-hydrogen) atoms. The van der Waals surface area contributed by atoms with Gasteiger partial charge in [0.15, 0.2) is 11.4 Å². The van der Waals surface area contributed by atoms with Crippen molar-refractivity contribution in [3.8, 4) is 5.75 Å². The van der Waals surface area contributed by atoms with Gasteiger partial charge in [-0.3, -0.25) is 24.2 Å². The highest BCUT2D eigenvalue weighted by Crippen LogP contribution is 2.53. The quantitative estimate of drug-likeness (QED) is 0.248. The summed E-state index contributed by atoms with van der Waals surface area (Å²) in [6, 6.07) is 1.08. The number of allylic oxidation sites excluding steroid dienone is 1. The summed E-state index contributed by atoms with van der Waals surface area (Å²) < 4.78 is 0. The molecular weight excluding hydrogens is 566 g/mol. The number of aromatic hydroxyl groups is 1. The maximum atomic E-state index is 14.2. The van der Waals surface area contributed by atoms with Crippen molar-refractivity contribution in [3.63, 3.8) is 0 Å². The molecule has 1 saturated carbocycles. The largest absolute Gasteiger partial charge is 0.510 e. The van der Waals surface area contributed by atoms with Gasteiger partial charge in [-0.15, -0.1) is 12.4 Å². The van der Waals surface area contributed by atoms with Gasteiger partial charge in [0.25, 0.3) is 5.91 Å². The number of anilines is 1. The fourth-order valence-corrected chi connectivity index (χ4v) is 7.90. The van der Waals surface area contributed by atoms with Crippen molar-refractivity contribution in [2.75, 3.05) is 46.2 Å². The molecular formula is C29H38ClN5O7. The van der Waals surface area contributed by atoms with Crippen LogP contribution in [0.4, 0.5) is 5.69 Å². The van der Waals surface area contributed by atoms with Crippen LogP contribution in [0.15, 0.2) is 28.7 Å². The molecule has 1 heterocycles. The normalized spacial score (nSPS) is 33.6. The smallest absolute Gasteiger partial charge is 0.255 e. The molecule has 6 atom stereocenters. The first-order chi connectivity index (χ1) is 19.2. The minimum Gasteiger partial charge on any atom is -0.510 e. The first kappa shape index (κ1) is 30.3. The Bertz CT molecular complexity index is 1460. The van der Waals surface area contributed by atoms with Crippen LogP contribution in [-0.2, 0) is 22.6 Å². The number of benzene rings is 1. The zero-order chi connectivity index (χ0) is 29.9. The third-order valence-corrected chi connectivity index (χ3v) is 9.99. The van der Waals surface area contributed by atoms with E-state index in [0.717, 1.165) is 18.8 Å². The van der Waals surface area contributed by atoms with Gasteiger partial charge in [-0.05, 0) is 56.3 Å². The topological polar surface area (TPSA) is 194 Å². The number of carbonyl (C=O) groups excluding carboxylic acids is 3. The summed E-state index contributed by atoms with van der Waals surface area (Å²) in [7, 11) is 6.91. The van der Waals surface area contributed by atoms with Crippen molar-refractivity contribution in [3.05, 3.63) is 45.4 Å². The van der Waals surface area contributed by atoms with Gasteiger partial charge >= 0.3 is 0 Å². The fourth-order valence-electron chi connectivity index (χ4n) is 7.90. The van der Waals surface area contributed by atoms with Crippen LogP contribution >= 0.6 is 12.4 Å². The van der Waals surface area contributed by atoms with Crippen LogP contribution in [0.3, 0.4) is 0 Å². The molecule has 2 unspecified atom stereocenters. The zero-order valence-electron chi connectivity index (χ0n) is 24.0. The summed E-state index contributed by atoms with van der Waals surface area (Å²) in [5.74, 6) is -5.58. The van der Waals surface area contributed by atoms with Crippen molar-refractivity contribution in [1.29, 1.82) is 0 Å². The zero-order valence-corrected chi connectivity index (χ0v) is 24.8. The number of primary amides is 1. The number of halogens is 1. The van der Waals surface area contributed by atoms with Gasteiger partial charge in [0.05, 0.1) is 11.6 Å². The van der Waals surface area contributed by atoms with Crippen molar-refractivity contribution in [2.24, 2.45) is 35.1 Å². The second kappa shape index (κ2) is 9.95. The Labute approximate surface area is 249 Å². The lowest BCUT2D eigenvalue weighted by Crippen LogP contribution is -2.63. The molecule has 0 radical (unpaired) electrons. The number of ketones is 2. The van der Waals surface area contributed by atoms with Gasteiger partial charge < -0.3 is 36.8 Å². The summed E-state index contributed by atoms with van der Waals surface area (Å²) in [5, 5.41) is 45.7. The van der Waals surface area contributed by atoms with Crippen LogP contribution < -0.4 is 16.4 Å². The van der Waals surface area contributed by atoms with E-state index in [1.165, 1.54) is 4.90 Å². The van der Waals surface area contributed by atoms with Crippen molar-refractivity contribution in [1.82, 2.24) is 9.80 Å². The highest BCUT2D eigenvalue weighted by molar-refractivity contribution is 6.25. The standard InChI is InChI=1S/C29H37N5O7.ClH/c1-32(2)17-7-12(8-34-9-14-15(10-34)21(14)30)23(35)19-13(17)5-11-6-16-22(33(3)4)25(37)20(28(31)40)27(39)29(16,41)26(38)18(11)24(19)36;/h7,11,14-16,21-22,35,37-38,41H,5-6,8-10,30H2,1-4H3,(H2,31,40);1H/t11-,14?,15?,16-,21?,22-,29-;/m0./s1. The number of piperidine rings is 1. The van der Waals surface area contributed by atoms with E-state index in [2.05, 4.69) is 4.90 Å². The molecule has 2 fully saturated rings. The van der Waals surface area contributed by atoms with Crippen LogP contribution in [-0.4, -0.2) is 107 Å². The lowest BCUT2D eigenvalue weighted by atomic mass is 9.58. The van der Waals surface area contributed by atoms with E-state index in [0.29, 0.717) is 29.5 Å². The third kappa shape index (κ3) is 3.99. The molecule has 0 spiro atoms. The van der Waals surface area contributed by atoms with Gasteiger partial charge in [0.1, 0.15) is 22.8 Å². The summed E-state index contributed by atoms with van der Waals surface area (Å²) in [6.07, 6.45) is 0.302. The van der Waals surface area contributed by atoms with E-state index in [4.69, 9.17) is 11.5 Å². The first-order valence-corrected chi connectivity index (χ1v) is 13.9. The number of carbonyl (C=O) groups is 3. The van der Waals surface area contributed by atoms with E-state index in [1.54, 1.807) is 14.1 Å². The lowest BCUT2D eigenvalue weighted by Gasteiger charge is -2.50. The molecule has 6 rings (SSSR count). The molecule has 0 bridgehead atoms. The lowest BCUT2D eigenvalue weighted by molar-refractivity contribution is -0.148. The van der Waals surface area contributed by atoms with Crippen LogP contribution in [0.5, 0.6) is 5.75 Å². The van der Waals surface area contributed by atoms with Crippen molar-refractivity contribution < 1.29 is 34.8 Å². The number of aliphatic hydroxyl groups excluding tert-OH is 2. The maximum Gasteiger partial charge on any atom is 0.255 e. The summed E-state index contributed by atoms with van der Waals surface area (Å²) in [6.45, 7) is 2.05. The number of Topliss-reactive ketones (excluding diaryl/α,β-unsaturated/α-hetero) is 2. The average Bonchev–Trinajstić information content (AvgIpc) is 3.26. The predicted octanol–water partition coefficient (Wildman–Crippen LogP) is -0.00270. The Morgan fingerprint density at radius 2 is 1.74 bits per heavy atom. The second-order valence-electron chi connectivity index (χ2n) is 12.7. The molecule has 12 nitrogen and oxygen atoms in total. The molecule has 8 N–H and O–H groups in total. The highest BCUT2D eigenvalue weighted by atomic mass is 35.5. The highest BCUT2D eigenvalue weighted by Gasteiger charge is 2.63. The molecule has 1 aliphatic heterocycles. The number of nitrogens with zero attached hydrogens (tertiary/aromatic N) is 3. The van der Waals surface area contributed by atoms with Crippen molar-refractivity contribution >= 4 is 35.6 Å². The van der Waals surface area contributed by atoms with E-state index in [-0.39, 0.29) is 48.2 Å². The number of likely N-dealkylation sites (N-methyl/N-ethyl adjacent to an activating group) is 1. The van der Waals surface area contributed by atoms with E-state index < -0.39 is 58.0 Å². The summed E-state index contributed by atoms with van der Waals surface area (Å²) >= 11 is 0. The number of nitrogens with two attached hydrogens (primary N) is 2. The van der Waals surface area contributed by atoms with Gasteiger partial charge in [-0.1, -0.05) is 0 Å². The van der Waals surface area contributed by atoms with Crippen LogP contribution in [0.1, 0.15) is 27.9 Å². The Balaban J connectivity index is 0.00000353. The van der Waals surface area contributed by atoms with E-state index >= 15 is 0 Å². The van der Waals surface area contributed by atoms with E-state index in [1.807, 2.05) is 25.1 Å². The number of phenols is 1. The molecule has 1 saturated heterocycles. The van der Waals surface area contributed by atoms with Gasteiger partial charge in [0, 0.05) is 62.5 Å². The van der Waals surface area contributed by atoms with E-state index in [9.17, 15) is 34.8 Å². The number of hydrogen-bond acceptors (Lipinski definition) is 11. The number of likely N-dealkylation sites (tertiary alicyclic amines) is 1. The Hall–Kier alpha value is -3.16. The van der Waals surface area contributed by atoms with Gasteiger partial charge in [-0.2, -0.15) is 0 Å². The monoisotopic (exact) mass is 603 g/mol. The minimum atomic E-state index is -2.66. The first-order valence-electron chi connectivity index (χ1n) is 13.9. The molecule has 0 aromatic heterocycles. The molecule has 1 aromatic carbocycles. The molecule has 1 aromatic rings. The summed E-state index contributed by atoms with van der Waals surface area (Å²) in [4.78, 5) is 45.4. The number of hydrogen-bond donors (Lipinski definition) is 6. The van der Waals surface area contributed by atoms with Crippen LogP contribution in [0.25, 0.3) is 0 Å². The van der Waals surface area contributed by atoms with Gasteiger partial charge in [-0.25, -0.2) is 0 Å². The minimum absolute atomic E-state index is 0. The fraction of sp³-hybridized carbons (Fsp3) is 0.552. The number of amides is 1. The molecule has 228 valence electrons. The predicted molar refractivity (Wildman–Crippen MR) is 155 cm³/mol. The Morgan fingerprint density at radius 3 is 2.29 bits per heavy atom. The maximum absolute atomic E-state index is 14.2. The Kier molecular flexibility index (Phi) is 7.18. The molecule has 1 amide bonds. The van der Waals surface area contributed by atoms with Crippen LogP contribution in [0.2, 0.25) is 0 Å². The average molecular weight is 604 g/mol. The number of rotatable bonds is 5. The Morgan fingerprint density at radius 1 is 1.12 bits per heavy atom. The number of phenolic OH excluding ortho intramolecular Hbond substituents is 1. The third-order valence-electron chi connectivity index (χ3n) is 9.99. The number of aliphatic hydroxyl groups is 3. The van der Waals surface area contributed by atoms with Gasteiger partial charge in [0.2, 0.25) is 5.78 Å². The molecule has 13 heteroatoms. The van der Waals surface area contributed by atoms with Crippen molar-refractivity contribution in [2.45, 2.75) is 37.1 Å². The second-order valence-corrected chi connectivity index (χ2v) is 12.7. The molecule has 4 aliphatic carbocycles.